The number of rotatable bonds is 8. The number of aryl methyl sites for hydroxylation is 1. The third kappa shape index (κ3) is 6.10. The van der Waals surface area contributed by atoms with Gasteiger partial charge in [0.1, 0.15) is 6.54 Å². The Morgan fingerprint density at radius 1 is 1.09 bits per heavy atom. The van der Waals surface area contributed by atoms with Crippen molar-refractivity contribution in [3.8, 4) is 11.4 Å². The second-order valence-electron chi connectivity index (χ2n) is 8.02. The van der Waals surface area contributed by atoms with Gasteiger partial charge in [0, 0.05) is 25.2 Å². The number of alkyl halides is 3. The molecular weight excluding hydrogens is 435 g/mol. The molecule has 3 rings (SSSR count). The average Bonchev–Trinajstić information content (AvgIpc) is 3.06. The second-order valence-corrected chi connectivity index (χ2v) is 8.02. The Balaban J connectivity index is 1.80. The van der Waals surface area contributed by atoms with Crippen LogP contribution in [0.1, 0.15) is 16.7 Å². The predicted molar refractivity (Wildman–Crippen MR) is 119 cm³/mol. The van der Waals surface area contributed by atoms with Crippen LogP contribution in [0.15, 0.2) is 53.3 Å². The van der Waals surface area contributed by atoms with Gasteiger partial charge in [0.2, 0.25) is 5.91 Å². The maximum absolute atomic E-state index is 13.2. The van der Waals surface area contributed by atoms with E-state index in [-0.39, 0.29) is 12.1 Å². The molecule has 0 radical (unpaired) electrons. The Labute approximate surface area is 189 Å². The Hall–Kier alpha value is -3.40. The summed E-state index contributed by atoms with van der Waals surface area (Å²) in [7, 11) is 3.76. The lowest BCUT2D eigenvalue weighted by Gasteiger charge is -2.13. The summed E-state index contributed by atoms with van der Waals surface area (Å²) in [5, 5.41) is 6.80. The number of hydrogen-bond acceptors (Lipinski definition) is 4. The second kappa shape index (κ2) is 10.0. The van der Waals surface area contributed by atoms with Gasteiger partial charge in [-0.15, -0.1) is 5.10 Å². The molecule has 0 saturated carbocycles. The van der Waals surface area contributed by atoms with E-state index >= 15 is 0 Å². The van der Waals surface area contributed by atoms with E-state index in [9.17, 15) is 22.8 Å². The van der Waals surface area contributed by atoms with E-state index < -0.39 is 29.9 Å². The largest absolute Gasteiger partial charge is 0.416 e. The van der Waals surface area contributed by atoms with Crippen molar-refractivity contribution in [1.82, 2.24) is 24.6 Å². The first-order valence-electron chi connectivity index (χ1n) is 10.4. The highest BCUT2D eigenvalue weighted by Gasteiger charge is 2.32. The van der Waals surface area contributed by atoms with Crippen LogP contribution in [0.4, 0.5) is 13.2 Å². The van der Waals surface area contributed by atoms with Crippen LogP contribution in [-0.4, -0.2) is 45.8 Å². The number of nitrogens with zero attached hydrogens (tertiary/aromatic N) is 4. The highest BCUT2D eigenvalue weighted by atomic mass is 19.4. The number of benzene rings is 2. The van der Waals surface area contributed by atoms with Crippen molar-refractivity contribution in [3.63, 3.8) is 0 Å². The van der Waals surface area contributed by atoms with Crippen LogP contribution in [0.25, 0.3) is 11.4 Å². The molecule has 0 aliphatic rings. The molecular formula is C23H26F3N5O2. The summed E-state index contributed by atoms with van der Waals surface area (Å²) in [6, 6.07) is 12.5. The molecule has 33 heavy (non-hydrogen) atoms. The van der Waals surface area contributed by atoms with Gasteiger partial charge in [0.25, 0.3) is 0 Å². The van der Waals surface area contributed by atoms with Gasteiger partial charge in [-0.05, 0) is 32.6 Å². The van der Waals surface area contributed by atoms with E-state index in [1.165, 1.54) is 22.8 Å². The van der Waals surface area contributed by atoms with Crippen molar-refractivity contribution in [2.45, 2.75) is 32.7 Å². The molecule has 0 aliphatic carbocycles. The fourth-order valence-electron chi connectivity index (χ4n) is 3.30. The van der Waals surface area contributed by atoms with Crippen molar-refractivity contribution in [2.75, 3.05) is 20.6 Å². The summed E-state index contributed by atoms with van der Waals surface area (Å²) in [4.78, 5) is 27.3. The lowest BCUT2D eigenvalue weighted by molar-refractivity contribution is -0.138. The number of halogens is 3. The van der Waals surface area contributed by atoms with Crippen molar-refractivity contribution >= 4 is 5.91 Å². The van der Waals surface area contributed by atoms with Crippen LogP contribution >= 0.6 is 0 Å². The fraction of sp³-hybridized carbons (Fsp3) is 0.348. The smallest absolute Gasteiger partial charge is 0.350 e. The van der Waals surface area contributed by atoms with Crippen molar-refractivity contribution in [3.05, 3.63) is 75.7 Å². The molecule has 0 atom stereocenters. The molecule has 0 unspecified atom stereocenters. The minimum absolute atomic E-state index is 0.0532. The minimum Gasteiger partial charge on any atom is -0.350 e. The van der Waals surface area contributed by atoms with Gasteiger partial charge in [-0.2, -0.15) is 13.2 Å². The van der Waals surface area contributed by atoms with Gasteiger partial charge in [-0.1, -0.05) is 48.0 Å². The van der Waals surface area contributed by atoms with E-state index in [2.05, 4.69) is 10.4 Å². The highest BCUT2D eigenvalue weighted by molar-refractivity contribution is 5.75. The van der Waals surface area contributed by atoms with Crippen molar-refractivity contribution in [2.24, 2.45) is 0 Å². The van der Waals surface area contributed by atoms with E-state index in [1.807, 2.05) is 50.2 Å². The van der Waals surface area contributed by atoms with E-state index in [1.54, 1.807) is 0 Å². The molecule has 0 fully saturated rings. The molecule has 1 N–H and O–H groups in total. The van der Waals surface area contributed by atoms with Crippen LogP contribution in [0.3, 0.4) is 0 Å². The average molecular weight is 461 g/mol. The number of carbonyl (C=O) groups excluding carboxylic acids is 1. The molecule has 0 saturated heterocycles. The third-order valence-electron chi connectivity index (χ3n) is 5.10. The Kier molecular flexibility index (Phi) is 7.37. The number of aromatic nitrogens is 3. The molecule has 0 aliphatic heterocycles. The minimum atomic E-state index is -4.52. The maximum Gasteiger partial charge on any atom is 0.416 e. The number of amides is 1. The Morgan fingerprint density at radius 3 is 2.39 bits per heavy atom. The summed E-state index contributed by atoms with van der Waals surface area (Å²) in [6.45, 7) is 2.19. The first-order valence-corrected chi connectivity index (χ1v) is 10.4. The number of nitrogens with one attached hydrogen (secondary N) is 1. The van der Waals surface area contributed by atoms with Gasteiger partial charge in [0.15, 0.2) is 5.82 Å². The first-order chi connectivity index (χ1) is 15.6. The summed E-state index contributed by atoms with van der Waals surface area (Å²) in [6.07, 6.45) is -4.52. The van der Waals surface area contributed by atoms with Crippen molar-refractivity contribution in [1.29, 1.82) is 0 Å². The SMILES string of the molecule is Cc1ccc(-c2nn(CC(=O)NCc3ccccc3C(F)(F)F)c(=O)n2CCN(C)C)cc1. The Morgan fingerprint density at radius 2 is 1.76 bits per heavy atom. The molecule has 0 spiro atoms. The summed E-state index contributed by atoms with van der Waals surface area (Å²) < 4.78 is 42.0. The Bertz CT molecular complexity index is 1160. The maximum atomic E-state index is 13.2. The van der Waals surface area contributed by atoms with Crippen LogP contribution in [0, 0.1) is 6.92 Å². The first kappa shape index (κ1) is 24.2. The van der Waals surface area contributed by atoms with Crippen LogP contribution in [-0.2, 0) is 30.6 Å². The topological polar surface area (TPSA) is 72.2 Å². The molecule has 7 nitrogen and oxygen atoms in total. The van der Waals surface area contributed by atoms with Gasteiger partial charge in [-0.25, -0.2) is 9.48 Å². The fourth-order valence-corrected chi connectivity index (χ4v) is 3.30. The number of likely N-dealkylation sites (N-methyl/N-ethyl adjacent to an activating group) is 1. The van der Waals surface area contributed by atoms with Crippen LogP contribution in [0.2, 0.25) is 0 Å². The van der Waals surface area contributed by atoms with Gasteiger partial charge in [0.05, 0.1) is 5.56 Å². The zero-order valence-corrected chi connectivity index (χ0v) is 18.7. The molecule has 1 heterocycles. The molecule has 2 aromatic carbocycles. The summed E-state index contributed by atoms with van der Waals surface area (Å²) >= 11 is 0. The highest BCUT2D eigenvalue weighted by Crippen LogP contribution is 2.31. The number of hydrogen-bond donors (Lipinski definition) is 1. The zero-order valence-electron chi connectivity index (χ0n) is 18.7. The van der Waals surface area contributed by atoms with Gasteiger partial charge in [-0.3, -0.25) is 9.36 Å². The molecule has 176 valence electrons. The predicted octanol–water partition coefficient (Wildman–Crippen LogP) is 2.92. The molecule has 0 bridgehead atoms. The third-order valence-corrected chi connectivity index (χ3v) is 5.10. The molecule has 10 heteroatoms. The number of carbonyl (C=O) groups is 1. The molecule has 1 aromatic heterocycles. The quantitative estimate of drug-likeness (QED) is 0.560. The standard InChI is InChI=1S/C23H26F3N5O2/c1-16-8-10-17(11-9-16)21-28-31(22(33)30(21)13-12-29(2)3)15-20(32)27-14-18-6-4-5-7-19(18)23(24,25)26/h4-11H,12-15H2,1-3H3,(H,27,32). The zero-order chi connectivity index (χ0) is 24.2. The summed E-state index contributed by atoms with van der Waals surface area (Å²) in [5.41, 5.74) is 0.464. The van der Waals surface area contributed by atoms with Crippen LogP contribution in [0.5, 0.6) is 0 Å². The molecule has 1 amide bonds. The van der Waals surface area contributed by atoms with Gasteiger partial charge < -0.3 is 10.2 Å². The normalized spacial score (nSPS) is 11.7. The van der Waals surface area contributed by atoms with E-state index in [0.29, 0.717) is 18.9 Å². The lowest BCUT2D eigenvalue weighted by Crippen LogP contribution is -2.34. The van der Waals surface area contributed by atoms with Gasteiger partial charge >= 0.3 is 11.9 Å². The van der Waals surface area contributed by atoms with E-state index in [4.69, 9.17) is 0 Å². The summed E-state index contributed by atoms with van der Waals surface area (Å²) in [5.74, 6) is -0.182. The monoisotopic (exact) mass is 461 g/mol. The molecule has 3 aromatic rings. The van der Waals surface area contributed by atoms with Crippen LogP contribution < -0.4 is 11.0 Å². The van der Waals surface area contributed by atoms with E-state index in [0.717, 1.165) is 21.9 Å². The van der Waals surface area contributed by atoms with Crippen molar-refractivity contribution < 1.29 is 18.0 Å². The lowest BCUT2D eigenvalue weighted by atomic mass is 10.1.